The number of likely N-dealkylation sites (tertiary alicyclic amines) is 1. The molecule has 7 heteroatoms. The lowest BCUT2D eigenvalue weighted by Crippen LogP contribution is -2.54. The van der Waals surface area contributed by atoms with Crippen LogP contribution in [0.25, 0.3) is 0 Å². The van der Waals surface area contributed by atoms with Gasteiger partial charge in [0.05, 0.1) is 0 Å². The third-order valence-electron chi connectivity index (χ3n) is 3.59. The molecule has 0 radical (unpaired) electrons. The number of carbonyl (C=O) groups excluding carboxylic acids is 1. The third kappa shape index (κ3) is 3.13. The highest BCUT2D eigenvalue weighted by Gasteiger charge is 2.45. The Labute approximate surface area is 120 Å². The highest BCUT2D eigenvalue weighted by molar-refractivity contribution is 5.80. The van der Waals surface area contributed by atoms with E-state index in [0.29, 0.717) is 0 Å². The van der Waals surface area contributed by atoms with Crippen molar-refractivity contribution in [3.8, 4) is 5.75 Å². The number of carboxylic acids is 1. The van der Waals surface area contributed by atoms with Gasteiger partial charge in [0.25, 0.3) is 0 Å². The van der Waals surface area contributed by atoms with E-state index in [-0.39, 0.29) is 31.7 Å². The number of aliphatic carboxylic acids is 1. The molecule has 1 fully saturated rings. The Morgan fingerprint density at radius 1 is 1.29 bits per heavy atom. The predicted molar refractivity (Wildman–Crippen MR) is 70.3 cm³/mol. The number of benzene rings is 1. The van der Waals surface area contributed by atoms with Crippen LogP contribution in [0.15, 0.2) is 24.3 Å². The highest BCUT2D eigenvalue weighted by atomic mass is 19.1. The zero-order valence-corrected chi connectivity index (χ0v) is 11.3. The molecule has 0 spiro atoms. The largest absolute Gasteiger partial charge is 0.478 e. The van der Waals surface area contributed by atoms with Crippen LogP contribution in [0.2, 0.25) is 0 Å². The molecule has 1 aliphatic heterocycles. The number of amides is 1. The van der Waals surface area contributed by atoms with Crippen molar-refractivity contribution in [1.29, 1.82) is 0 Å². The molecular weight excluding hydrogens is 281 g/mol. The van der Waals surface area contributed by atoms with Gasteiger partial charge >= 0.3 is 5.97 Å². The van der Waals surface area contributed by atoms with E-state index in [2.05, 4.69) is 0 Å². The van der Waals surface area contributed by atoms with E-state index in [9.17, 15) is 19.1 Å². The van der Waals surface area contributed by atoms with Gasteiger partial charge in [0.15, 0.2) is 11.6 Å². The molecule has 0 aliphatic carbocycles. The fraction of sp³-hybridized carbons (Fsp3) is 0.429. The molecule has 2 rings (SSSR count). The van der Waals surface area contributed by atoms with E-state index < -0.39 is 29.9 Å². The van der Waals surface area contributed by atoms with Crippen LogP contribution in [0.1, 0.15) is 12.8 Å². The van der Waals surface area contributed by atoms with Crippen molar-refractivity contribution >= 4 is 11.9 Å². The first-order valence-electron chi connectivity index (χ1n) is 6.54. The van der Waals surface area contributed by atoms with Gasteiger partial charge in [0.2, 0.25) is 11.5 Å². The number of aliphatic hydroxyl groups is 1. The van der Waals surface area contributed by atoms with Gasteiger partial charge in [-0.3, -0.25) is 4.79 Å². The lowest BCUT2D eigenvalue weighted by Gasteiger charge is -2.38. The van der Waals surface area contributed by atoms with Crippen molar-refractivity contribution in [3.05, 3.63) is 30.1 Å². The number of carboxylic acid groups (broad SMARTS) is 1. The Balaban J connectivity index is 2.15. The van der Waals surface area contributed by atoms with Gasteiger partial charge in [0, 0.05) is 25.9 Å². The molecule has 0 aromatic heterocycles. The summed E-state index contributed by atoms with van der Waals surface area (Å²) in [5.41, 5.74) is -1.56. The molecule has 114 valence electrons. The van der Waals surface area contributed by atoms with Gasteiger partial charge in [-0.25, -0.2) is 9.18 Å². The second-order valence-electron chi connectivity index (χ2n) is 4.87. The summed E-state index contributed by atoms with van der Waals surface area (Å²) in [5.74, 6) is -2.41. The number of piperidine rings is 1. The topological polar surface area (TPSA) is 87.1 Å². The molecule has 1 amide bonds. The zero-order valence-electron chi connectivity index (χ0n) is 11.3. The van der Waals surface area contributed by atoms with Crippen LogP contribution in [0.5, 0.6) is 5.75 Å². The summed E-state index contributed by atoms with van der Waals surface area (Å²) < 4.78 is 19.0. The second-order valence-corrected chi connectivity index (χ2v) is 4.87. The lowest BCUT2D eigenvalue weighted by molar-refractivity contribution is -0.162. The highest BCUT2D eigenvalue weighted by Crippen LogP contribution is 2.30. The van der Waals surface area contributed by atoms with E-state index in [4.69, 9.17) is 9.84 Å². The number of halogens is 1. The SMILES string of the molecule is O=C(CO)N1CCC(Oc2ccccc2F)(C(=O)O)CC1. The number of hydrogen-bond donors (Lipinski definition) is 2. The molecule has 0 unspecified atom stereocenters. The number of hydrogen-bond acceptors (Lipinski definition) is 4. The molecule has 1 saturated heterocycles. The molecule has 1 aromatic carbocycles. The summed E-state index contributed by atoms with van der Waals surface area (Å²) >= 11 is 0. The van der Waals surface area contributed by atoms with Crippen molar-refractivity contribution in [1.82, 2.24) is 4.90 Å². The van der Waals surface area contributed by atoms with Crippen molar-refractivity contribution in [2.45, 2.75) is 18.4 Å². The Morgan fingerprint density at radius 2 is 1.90 bits per heavy atom. The number of rotatable bonds is 4. The molecule has 0 atom stereocenters. The van der Waals surface area contributed by atoms with E-state index >= 15 is 0 Å². The van der Waals surface area contributed by atoms with Gasteiger partial charge < -0.3 is 19.8 Å². The normalized spacial score (nSPS) is 17.3. The number of carbonyl (C=O) groups is 2. The van der Waals surface area contributed by atoms with Gasteiger partial charge in [0.1, 0.15) is 6.61 Å². The van der Waals surface area contributed by atoms with Crippen molar-refractivity contribution in [2.24, 2.45) is 0 Å². The number of aliphatic hydroxyl groups excluding tert-OH is 1. The van der Waals surface area contributed by atoms with Gasteiger partial charge in [-0.1, -0.05) is 12.1 Å². The monoisotopic (exact) mass is 297 g/mol. The van der Waals surface area contributed by atoms with Crippen LogP contribution < -0.4 is 4.74 Å². The van der Waals surface area contributed by atoms with Crippen molar-refractivity contribution in [3.63, 3.8) is 0 Å². The van der Waals surface area contributed by atoms with E-state index in [1.165, 1.54) is 23.1 Å². The first-order chi connectivity index (χ1) is 9.98. The van der Waals surface area contributed by atoms with Crippen LogP contribution in [-0.2, 0) is 9.59 Å². The maximum Gasteiger partial charge on any atom is 0.348 e. The Hall–Kier alpha value is -2.15. The van der Waals surface area contributed by atoms with Gasteiger partial charge in [-0.15, -0.1) is 0 Å². The number of ether oxygens (including phenoxy) is 1. The second kappa shape index (κ2) is 6.09. The molecule has 2 N–H and O–H groups in total. The molecule has 1 heterocycles. The average molecular weight is 297 g/mol. The average Bonchev–Trinajstić information content (AvgIpc) is 2.49. The number of para-hydroxylation sites is 1. The van der Waals surface area contributed by atoms with Crippen LogP contribution in [-0.4, -0.2) is 52.3 Å². The maximum absolute atomic E-state index is 13.6. The summed E-state index contributed by atoms with van der Waals surface area (Å²) in [6.07, 6.45) is 0.0603. The van der Waals surface area contributed by atoms with Gasteiger partial charge in [-0.2, -0.15) is 0 Å². The van der Waals surface area contributed by atoms with E-state index in [1.54, 1.807) is 6.07 Å². The van der Waals surface area contributed by atoms with Crippen LogP contribution >= 0.6 is 0 Å². The minimum atomic E-state index is -1.56. The van der Waals surface area contributed by atoms with Crippen LogP contribution in [0.4, 0.5) is 4.39 Å². The smallest absolute Gasteiger partial charge is 0.348 e. The molecular formula is C14H16FNO5. The standard InChI is InChI=1S/C14H16FNO5/c15-10-3-1-2-4-11(10)21-14(13(19)20)5-7-16(8-6-14)12(18)9-17/h1-4,17H,5-9H2,(H,19,20). The third-order valence-corrected chi connectivity index (χ3v) is 3.59. The summed E-state index contributed by atoms with van der Waals surface area (Å²) in [5, 5.41) is 18.2. The Kier molecular flexibility index (Phi) is 4.42. The van der Waals surface area contributed by atoms with E-state index in [0.717, 1.165) is 0 Å². The molecule has 0 bridgehead atoms. The molecule has 21 heavy (non-hydrogen) atoms. The Morgan fingerprint density at radius 3 is 2.43 bits per heavy atom. The van der Waals surface area contributed by atoms with Crippen molar-refractivity contribution in [2.75, 3.05) is 19.7 Å². The van der Waals surface area contributed by atoms with Crippen LogP contribution in [0.3, 0.4) is 0 Å². The molecule has 6 nitrogen and oxygen atoms in total. The summed E-state index contributed by atoms with van der Waals surface area (Å²) in [6, 6.07) is 5.59. The molecule has 0 saturated carbocycles. The predicted octanol–water partition coefficient (Wildman–Crippen LogP) is 0.643. The molecule has 1 aromatic rings. The number of nitrogens with zero attached hydrogens (tertiary/aromatic N) is 1. The minimum absolute atomic E-state index is 0.0302. The van der Waals surface area contributed by atoms with E-state index in [1.807, 2.05) is 0 Å². The van der Waals surface area contributed by atoms with Crippen LogP contribution in [0, 0.1) is 5.82 Å². The first kappa shape index (κ1) is 15.2. The summed E-state index contributed by atoms with van der Waals surface area (Å²) in [4.78, 5) is 24.3. The first-order valence-corrected chi connectivity index (χ1v) is 6.54. The Bertz CT molecular complexity index is 540. The zero-order chi connectivity index (χ0) is 15.5. The fourth-order valence-corrected chi connectivity index (χ4v) is 2.31. The fourth-order valence-electron chi connectivity index (χ4n) is 2.31. The van der Waals surface area contributed by atoms with Gasteiger partial charge in [-0.05, 0) is 12.1 Å². The quantitative estimate of drug-likeness (QED) is 0.851. The van der Waals surface area contributed by atoms with Crippen molar-refractivity contribution < 1.29 is 28.9 Å². The maximum atomic E-state index is 13.6. The lowest BCUT2D eigenvalue weighted by atomic mass is 9.91. The molecule has 1 aliphatic rings. The minimum Gasteiger partial charge on any atom is -0.478 e. The summed E-state index contributed by atoms with van der Waals surface area (Å²) in [6.45, 7) is -0.339. The summed E-state index contributed by atoms with van der Waals surface area (Å²) in [7, 11) is 0.